The van der Waals surface area contributed by atoms with Crippen LogP contribution in [-0.2, 0) is 16.0 Å². The SMILES string of the molecule is COC(CN)CC(=O)NC(C)CCc1ccc(OC(C)C)cc1.Cl. The lowest BCUT2D eigenvalue weighted by molar-refractivity contribution is -0.124. The van der Waals surface area contributed by atoms with Crippen LogP contribution in [-0.4, -0.2) is 37.8 Å². The van der Waals surface area contributed by atoms with Gasteiger partial charge >= 0.3 is 0 Å². The van der Waals surface area contributed by atoms with Gasteiger partial charge < -0.3 is 20.5 Å². The summed E-state index contributed by atoms with van der Waals surface area (Å²) in [4.78, 5) is 11.9. The average Bonchev–Trinajstić information content (AvgIpc) is 2.51. The summed E-state index contributed by atoms with van der Waals surface area (Å²) >= 11 is 0. The van der Waals surface area contributed by atoms with Gasteiger partial charge in [-0.2, -0.15) is 0 Å². The molecule has 2 unspecified atom stereocenters. The number of hydrogen-bond acceptors (Lipinski definition) is 4. The van der Waals surface area contributed by atoms with E-state index in [9.17, 15) is 4.79 Å². The Bertz CT molecular complexity index is 462. The molecule has 2 atom stereocenters. The molecule has 138 valence electrons. The fourth-order valence-corrected chi connectivity index (χ4v) is 2.27. The highest BCUT2D eigenvalue weighted by atomic mass is 35.5. The Kier molecular flexibility index (Phi) is 11.5. The maximum Gasteiger partial charge on any atom is 0.222 e. The largest absolute Gasteiger partial charge is 0.491 e. The van der Waals surface area contributed by atoms with Crippen LogP contribution in [0.4, 0.5) is 0 Å². The molecule has 0 aliphatic carbocycles. The molecule has 0 radical (unpaired) electrons. The molecule has 0 heterocycles. The van der Waals surface area contributed by atoms with Gasteiger partial charge in [-0.15, -0.1) is 12.4 Å². The molecule has 0 saturated carbocycles. The number of carbonyl (C=O) groups is 1. The van der Waals surface area contributed by atoms with E-state index in [-0.39, 0.29) is 36.6 Å². The van der Waals surface area contributed by atoms with Crippen LogP contribution in [0, 0.1) is 0 Å². The molecular formula is C18H31ClN2O3. The van der Waals surface area contributed by atoms with E-state index in [0.29, 0.717) is 13.0 Å². The third-order valence-electron chi connectivity index (χ3n) is 3.58. The molecule has 5 nitrogen and oxygen atoms in total. The first-order chi connectivity index (χ1) is 10.9. The number of carbonyl (C=O) groups excluding carboxylic acids is 1. The lowest BCUT2D eigenvalue weighted by atomic mass is 10.1. The van der Waals surface area contributed by atoms with Crippen molar-refractivity contribution in [2.45, 2.75) is 58.3 Å². The summed E-state index contributed by atoms with van der Waals surface area (Å²) < 4.78 is 10.7. The van der Waals surface area contributed by atoms with Crippen molar-refractivity contribution in [1.29, 1.82) is 0 Å². The van der Waals surface area contributed by atoms with Gasteiger partial charge in [0.1, 0.15) is 5.75 Å². The highest BCUT2D eigenvalue weighted by Crippen LogP contribution is 2.15. The zero-order chi connectivity index (χ0) is 17.2. The van der Waals surface area contributed by atoms with Crippen molar-refractivity contribution in [3.05, 3.63) is 29.8 Å². The summed E-state index contributed by atoms with van der Waals surface area (Å²) in [6.07, 6.45) is 2.07. The molecule has 0 aliphatic heterocycles. The smallest absolute Gasteiger partial charge is 0.222 e. The van der Waals surface area contributed by atoms with Crippen LogP contribution >= 0.6 is 12.4 Å². The number of nitrogens with two attached hydrogens (primary N) is 1. The zero-order valence-electron chi connectivity index (χ0n) is 15.1. The minimum Gasteiger partial charge on any atom is -0.491 e. The van der Waals surface area contributed by atoms with Gasteiger partial charge in [0.15, 0.2) is 0 Å². The van der Waals surface area contributed by atoms with Crippen LogP contribution in [0.5, 0.6) is 5.75 Å². The van der Waals surface area contributed by atoms with E-state index >= 15 is 0 Å². The number of hydrogen-bond donors (Lipinski definition) is 2. The van der Waals surface area contributed by atoms with Crippen LogP contribution in [0.1, 0.15) is 39.2 Å². The number of methoxy groups -OCH3 is 1. The maximum absolute atomic E-state index is 11.9. The minimum atomic E-state index is -0.212. The van der Waals surface area contributed by atoms with E-state index in [1.54, 1.807) is 7.11 Å². The summed E-state index contributed by atoms with van der Waals surface area (Å²) in [7, 11) is 1.57. The average molecular weight is 359 g/mol. The van der Waals surface area contributed by atoms with Gasteiger partial charge in [0.25, 0.3) is 0 Å². The molecule has 0 aromatic heterocycles. The number of rotatable bonds is 10. The highest BCUT2D eigenvalue weighted by Gasteiger charge is 2.13. The van der Waals surface area contributed by atoms with Gasteiger partial charge in [-0.25, -0.2) is 0 Å². The quantitative estimate of drug-likeness (QED) is 0.674. The number of ether oxygens (including phenoxy) is 2. The molecular weight excluding hydrogens is 328 g/mol. The number of amides is 1. The standard InChI is InChI=1S/C18H30N2O3.ClH/c1-13(2)23-16-9-7-15(8-10-16)6-5-14(3)20-18(21)11-17(12-19)22-4;/h7-10,13-14,17H,5-6,11-12,19H2,1-4H3,(H,20,21);1H. The first kappa shape index (κ1) is 22.7. The fourth-order valence-electron chi connectivity index (χ4n) is 2.27. The van der Waals surface area contributed by atoms with Crippen molar-refractivity contribution < 1.29 is 14.3 Å². The normalized spacial score (nSPS) is 13.1. The van der Waals surface area contributed by atoms with Crippen molar-refractivity contribution in [2.24, 2.45) is 5.73 Å². The molecule has 0 saturated heterocycles. The van der Waals surface area contributed by atoms with Crippen molar-refractivity contribution in [3.8, 4) is 5.75 Å². The summed E-state index contributed by atoms with van der Waals surface area (Å²) in [5.41, 5.74) is 6.76. The first-order valence-electron chi connectivity index (χ1n) is 8.22. The predicted molar refractivity (Wildman–Crippen MR) is 99.8 cm³/mol. The van der Waals surface area contributed by atoms with Crippen LogP contribution in [0.3, 0.4) is 0 Å². The second-order valence-electron chi connectivity index (χ2n) is 6.12. The number of benzene rings is 1. The first-order valence-corrected chi connectivity index (χ1v) is 8.22. The van der Waals surface area contributed by atoms with Gasteiger partial charge in [-0.05, 0) is 51.3 Å². The van der Waals surface area contributed by atoms with Gasteiger partial charge in [-0.3, -0.25) is 4.79 Å². The second-order valence-corrected chi connectivity index (χ2v) is 6.12. The van der Waals surface area contributed by atoms with E-state index in [4.69, 9.17) is 15.2 Å². The molecule has 24 heavy (non-hydrogen) atoms. The number of halogens is 1. The molecule has 1 aromatic rings. The van der Waals surface area contributed by atoms with Gasteiger partial charge in [0.2, 0.25) is 5.91 Å². The fraction of sp³-hybridized carbons (Fsp3) is 0.611. The number of aryl methyl sites for hydroxylation is 1. The molecule has 1 amide bonds. The summed E-state index contributed by atoms with van der Waals surface area (Å²) in [6, 6.07) is 8.24. The highest BCUT2D eigenvalue weighted by molar-refractivity contribution is 5.85. The van der Waals surface area contributed by atoms with Crippen molar-refractivity contribution in [3.63, 3.8) is 0 Å². The molecule has 6 heteroatoms. The Balaban J connectivity index is 0.00000529. The third-order valence-corrected chi connectivity index (χ3v) is 3.58. The van der Waals surface area contributed by atoms with E-state index in [2.05, 4.69) is 17.4 Å². The Labute approximate surface area is 151 Å². The van der Waals surface area contributed by atoms with Gasteiger partial charge in [0.05, 0.1) is 18.6 Å². The number of nitrogens with one attached hydrogen (secondary N) is 1. The van der Waals surface area contributed by atoms with Crippen LogP contribution in [0.15, 0.2) is 24.3 Å². The Morgan fingerprint density at radius 2 is 1.83 bits per heavy atom. The summed E-state index contributed by atoms with van der Waals surface area (Å²) in [5, 5.41) is 2.99. The van der Waals surface area contributed by atoms with E-state index in [1.807, 2.05) is 32.9 Å². The van der Waals surface area contributed by atoms with Crippen molar-refractivity contribution >= 4 is 18.3 Å². The van der Waals surface area contributed by atoms with E-state index < -0.39 is 0 Å². The van der Waals surface area contributed by atoms with Gasteiger partial charge in [0, 0.05) is 19.7 Å². The molecule has 0 bridgehead atoms. The molecule has 3 N–H and O–H groups in total. The molecule has 0 aliphatic rings. The Morgan fingerprint density at radius 1 is 1.21 bits per heavy atom. The maximum atomic E-state index is 11.9. The topological polar surface area (TPSA) is 73.6 Å². The van der Waals surface area contributed by atoms with Crippen LogP contribution < -0.4 is 15.8 Å². The molecule has 0 spiro atoms. The monoisotopic (exact) mass is 358 g/mol. The summed E-state index contributed by atoms with van der Waals surface area (Å²) in [6.45, 7) is 6.38. The van der Waals surface area contributed by atoms with Crippen molar-refractivity contribution in [1.82, 2.24) is 5.32 Å². The van der Waals surface area contributed by atoms with Gasteiger partial charge in [-0.1, -0.05) is 12.1 Å². The second kappa shape index (κ2) is 12.1. The zero-order valence-corrected chi connectivity index (χ0v) is 15.9. The molecule has 1 rings (SSSR count). The summed E-state index contributed by atoms with van der Waals surface area (Å²) in [5.74, 6) is 0.868. The van der Waals surface area contributed by atoms with E-state index in [0.717, 1.165) is 18.6 Å². The minimum absolute atomic E-state index is 0. The Morgan fingerprint density at radius 3 is 2.33 bits per heavy atom. The molecule has 1 aromatic carbocycles. The lowest BCUT2D eigenvalue weighted by Gasteiger charge is -2.17. The lowest BCUT2D eigenvalue weighted by Crippen LogP contribution is -2.37. The van der Waals surface area contributed by atoms with Crippen LogP contribution in [0.25, 0.3) is 0 Å². The van der Waals surface area contributed by atoms with Crippen molar-refractivity contribution in [2.75, 3.05) is 13.7 Å². The molecule has 0 fully saturated rings. The third kappa shape index (κ3) is 9.11. The predicted octanol–water partition coefficient (Wildman–Crippen LogP) is 2.70. The Hall–Kier alpha value is -1.30. The van der Waals surface area contributed by atoms with Crippen LogP contribution in [0.2, 0.25) is 0 Å². The van der Waals surface area contributed by atoms with E-state index in [1.165, 1.54) is 5.56 Å².